The highest BCUT2D eigenvalue weighted by atomic mass is 14.0. The maximum atomic E-state index is 4.01. The minimum atomic E-state index is 1.02. The van der Waals surface area contributed by atoms with E-state index in [0.717, 1.165) is 16.0 Å². The highest BCUT2D eigenvalue weighted by Gasteiger charge is 1.95. The SMILES string of the molecule is C=c1ccc(=C)c(-c2ccccc2)c1. The van der Waals surface area contributed by atoms with Crippen LogP contribution in [-0.2, 0) is 0 Å². The van der Waals surface area contributed by atoms with Crippen molar-refractivity contribution in [2.24, 2.45) is 0 Å². The van der Waals surface area contributed by atoms with E-state index in [0.29, 0.717) is 0 Å². The zero-order valence-electron chi connectivity index (χ0n) is 8.03. The van der Waals surface area contributed by atoms with Crippen molar-refractivity contribution in [3.05, 3.63) is 59.0 Å². The molecular formula is C14H12. The van der Waals surface area contributed by atoms with Crippen LogP contribution in [0.1, 0.15) is 0 Å². The zero-order valence-corrected chi connectivity index (χ0v) is 8.03. The van der Waals surface area contributed by atoms with E-state index in [9.17, 15) is 0 Å². The second kappa shape index (κ2) is 3.51. The fourth-order valence-electron chi connectivity index (χ4n) is 1.51. The smallest absolute Gasteiger partial charge is 0.0112 e. The first-order valence-electron chi connectivity index (χ1n) is 4.61. The van der Waals surface area contributed by atoms with E-state index in [1.165, 1.54) is 5.56 Å². The van der Waals surface area contributed by atoms with Crippen LogP contribution < -0.4 is 10.4 Å². The Hall–Kier alpha value is -1.82. The van der Waals surface area contributed by atoms with Gasteiger partial charge < -0.3 is 0 Å². The summed E-state index contributed by atoms with van der Waals surface area (Å²) >= 11 is 0. The van der Waals surface area contributed by atoms with Gasteiger partial charge in [0.15, 0.2) is 0 Å². The van der Waals surface area contributed by atoms with Crippen molar-refractivity contribution >= 4 is 13.2 Å². The van der Waals surface area contributed by atoms with Crippen LogP contribution in [0.15, 0.2) is 48.5 Å². The maximum absolute atomic E-state index is 4.01. The molecule has 0 fully saturated rings. The topological polar surface area (TPSA) is 0 Å². The van der Waals surface area contributed by atoms with Gasteiger partial charge in [-0.1, -0.05) is 55.6 Å². The highest BCUT2D eigenvalue weighted by molar-refractivity contribution is 5.64. The third-order valence-corrected chi connectivity index (χ3v) is 2.26. The molecule has 68 valence electrons. The van der Waals surface area contributed by atoms with Gasteiger partial charge in [-0.25, -0.2) is 0 Å². The molecule has 0 aliphatic rings. The molecule has 0 spiro atoms. The van der Waals surface area contributed by atoms with Gasteiger partial charge in [-0.3, -0.25) is 0 Å². The number of rotatable bonds is 1. The number of hydrogen-bond donors (Lipinski definition) is 0. The van der Waals surface area contributed by atoms with Gasteiger partial charge >= 0.3 is 0 Å². The van der Waals surface area contributed by atoms with Crippen molar-refractivity contribution < 1.29 is 0 Å². The molecule has 0 aliphatic carbocycles. The Balaban J connectivity index is 2.69. The Morgan fingerprint density at radius 1 is 0.786 bits per heavy atom. The number of benzene rings is 2. The number of hydrogen-bond acceptors (Lipinski definition) is 0. The minimum Gasteiger partial charge on any atom is -0.0917 e. The summed E-state index contributed by atoms with van der Waals surface area (Å²) in [5.74, 6) is 0. The van der Waals surface area contributed by atoms with Gasteiger partial charge in [-0.15, -0.1) is 0 Å². The summed E-state index contributed by atoms with van der Waals surface area (Å²) in [5, 5.41) is 2.07. The molecule has 0 N–H and O–H groups in total. The molecule has 0 atom stereocenters. The molecular weight excluding hydrogens is 168 g/mol. The van der Waals surface area contributed by atoms with Crippen molar-refractivity contribution in [2.45, 2.75) is 0 Å². The summed E-state index contributed by atoms with van der Waals surface area (Å²) < 4.78 is 0. The largest absolute Gasteiger partial charge is 0.0917 e. The molecule has 0 amide bonds. The highest BCUT2D eigenvalue weighted by Crippen LogP contribution is 2.11. The van der Waals surface area contributed by atoms with Crippen LogP contribution >= 0.6 is 0 Å². The molecule has 0 nitrogen and oxygen atoms in total. The lowest BCUT2D eigenvalue weighted by Crippen LogP contribution is -2.08. The van der Waals surface area contributed by atoms with Crippen molar-refractivity contribution in [1.29, 1.82) is 0 Å². The predicted octanol–water partition coefficient (Wildman–Crippen LogP) is 2.17. The molecule has 0 radical (unpaired) electrons. The Morgan fingerprint density at radius 3 is 2.21 bits per heavy atom. The Labute approximate surface area is 83.8 Å². The van der Waals surface area contributed by atoms with Crippen molar-refractivity contribution in [3.63, 3.8) is 0 Å². The van der Waals surface area contributed by atoms with Gasteiger partial charge in [0.1, 0.15) is 0 Å². The van der Waals surface area contributed by atoms with E-state index in [1.54, 1.807) is 0 Å². The van der Waals surface area contributed by atoms with Crippen molar-refractivity contribution in [1.82, 2.24) is 0 Å². The first-order chi connectivity index (χ1) is 6.77. The molecule has 0 aliphatic heterocycles. The van der Waals surface area contributed by atoms with E-state index < -0.39 is 0 Å². The molecule has 2 aromatic rings. The van der Waals surface area contributed by atoms with Gasteiger partial charge in [0, 0.05) is 0 Å². The van der Waals surface area contributed by atoms with E-state index in [4.69, 9.17) is 0 Å². The van der Waals surface area contributed by atoms with Gasteiger partial charge in [0.2, 0.25) is 0 Å². The fraction of sp³-hybridized carbons (Fsp3) is 0. The molecule has 0 bridgehead atoms. The Morgan fingerprint density at radius 2 is 1.50 bits per heavy atom. The van der Waals surface area contributed by atoms with Gasteiger partial charge in [0.05, 0.1) is 0 Å². The third-order valence-electron chi connectivity index (χ3n) is 2.26. The van der Waals surface area contributed by atoms with Crippen LogP contribution in [0.5, 0.6) is 0 Å². The van der Waals surface area contributed by atoms with Gasteiger partial charge in [0.25, 0.3) is 0 Å². The molecule has 2 rings (SSSR count). The van der Waals surface area contributed by atoms with Crippen LogP contribution in [0.25, 0.3) is 24.3 Å². The lowest BCUT2D eigenvalue weighted by Gasteiger charge is -2.01. The van der Waals surface area contributed by atoms with E-state index >= 15 is 0 Å². The molecule has 0 aromatic heterocycles. The molecule has 2 aromatic carbocycles. The normalized spacial score (nSPS) is 10.0. The first kappa shape index (κ1) is 8.76. The summed E-state index contributed by atoms with van der Waals surface area (Å²) in [7, 11) is 0. The molecule has 0 saturated heterocycles. The fourth-order valence-corrected chi connectivity index (χ4v) is 1.51. The zero-order chi connectivity index (χ0) is 9.97. The van der Waals surface area contributed by atoms with E-state index in [-0.39, 0.29) is 0 Å². The van der Waals surface area contributed by atoms with Gasteiger partial charge in [-0.2, -0.15) is 0 Å². The lowest BCUT2D eigenvalue weighted by molar-refractivity contribution is 1.53. The Bertz CT molecular complexity index is 524. The average Bonchev–Trinajstić information content (AvgIpc) is 2.23. The van der Waals surface area contributed by atoms with Crippen molar-refractivity contribution in [3.8, 4) is 11.1 Å². The summed E-state index contributed by atoms with van der Waals surface area (Å²) in [6.45, 7) is 7.93. The van der Waals surface area contributed by atoms with E-state index in [1.807, 2.05) is 30.3 Å². The third kappa shape index (κ3) is 1.60. The average molecular weight is 180 g/mol. The second-order valence-corrected chi connectivity index (χ2v) is 3.36. The molecule has 0 heteroatoms. The summed E-state index contributed by atoms with van der Waals surface area (Å²) in [5.41, 5.74) is 2.36. The standard InChI is InChI=1S/C14H12/c1-11-8-9-12(2)14(10-11)13-6-4-3-5-7-13/h3-10H,1-2H2. The van der Waals surface area contributed by atoms with Crippen LogP contribution in [-0.4, -0.2) is 0 Å². The summed E-state index contributed by atoms with van der Waals surface area (Å²) in [6, 6.07) is 16.3. The van der Waals surface area contributed by atoms with Crippen LogP contribution in [0.2, 0.25) is 0 Å². The van der Waals surface area contributed by atoms with Gasteiger partial charge in [-0.05, 0) is 27.6 Å². The molecule has 0 saturated carbocycles. The minimum absolute atomic E-state index is 1.02. The molecule has 0 unspecified atom stereocenters. The summed E-state index contributed by atoms with van der Waals surface area (Å²) in [4.78, 5) is 0. The molecule has 0 heterocycles. The second-order valence-electron chi connectivity index (χ2n) is 3.36. The van der Waals surface area contributed by atoms with Crippen LogP contribution in [0.3, 0.4) is 0 Å². The van der Waals surface area contributed by atoms with Crippen molar-refractivity contribution in [2.75, 3.05) is 0 Å². The monoisotopic (exact) mass is 180 g/mol. The Kier molecular flexibility index (Phi) is 2.19. The predicted molar refractivity (Wildman–Crippen MR) is 62.2 cm³/mol. The quantitative estimate of drug-likeness (QED) is 0.631. The first-order valence-corrected chi connectivity index (χ1v) is 4.61. The lowest BCUT2D eigenvalue weighted by atomic mass is 10.0. The summed E-state index contributed by atoms with van der Waals surface area (Å²) in [6.07, 6.45) is 0. The maximum Gasteiger partial charge on any atom is -0.0112 e. The van der Waals surface area contributed by atoms with Crippen LogP contribution in [0, 0.1) is 0 Å². The molecule has 14 heavy (non-hydrogen) atoms. The van der Waals surface area contributed by atoms with E-state index in [2.05, 4.69) is 31.4 Å². The van der Waals surface area contributed by atoms with Crippen LogP contribution in [0.4, 0.5) is 0 Å².